The van der Waals surface area contributed by atoms with Gasteiger partial charge in [-0.3, -0.25) is 10.1 Å². The lowest BCUT2D eigenvalue weighted by atomic mass is 10.2. The molecule has 8 heteroatoms. The van der Waals surface area contributed by atoms with Gasteiger partial charge in [-0.15, -0.1) is 5.10 Å². The van der Waals surface area contributed by atoms with Crippen LogP contribution in [0, 0.1) is 17.0 Å². The third kappa shape index (κ3) is 3.74. The lowest BCUT2D eigenvalue weighted by molar-refractivity contribution is -0.385. The predicted octanol–water partition coefficient (Wildman–Crippen LogP) is 2.27. The van der Waals surface area contributed by atoms with Gasteiger partial charge in [-0.05, 0) is 35.9 Å². The molecule has 0 aliphatic carbocycles. The van der Waals surface area contributed by atoms with E-state index in [4.69, 9.17) is 4.74 Å². The van der Waals surface area contributed by atoms with Gasteiger partial charge < -0.3 is 4.74 Å². The molecule has 21 heavy (non-hydrogen) atoms. The van der Waals surface area contributed by atoms with Crippen molar-refractivity contribution in [1.82, 2.24) is 20.2 Å². The molecule has 1 aromatic heterocycles. The van der Waals surface area contributed by atoms with Crippen molar-refractivity contribution in [3.63, 3.8) is 0 Å². The summed E-state index contributed by atoms with van der Waals surface area (Å²) in [4.78, 5) is 10.3. The number of tetrazole rings is 1. The van der Waals surface area contributed by atoms with Gasteiger partial charge in [-0.2, -0.15) is 0 Å². The Labute approximate surface area is 121 Å². The third-order valence-electron chi connectivity index (χ3n) is 3.06. The van der Waals surface area contributed by atoms with Gasteiger partial charge >= 0.3 is 0 Å². The first-order valence-electron chi connectivity index (χ1n) is 6.74. The van der Waals surface area contributed by atoms with Crippen LogP contribution in [0.3, 0.4) is 0 Å². The summed E-state index contributed by atoms with van der Waals surface area (Å²) >= 11 is 0. The fourth-order valence-corrected chi connectivity index (χ4v) is 1.88. The van der Waals surface area contributed by atoms with Crippen molar-refractivity contribution < 1.29 is 9.66 Å². The van der Waals surface area contributed by atoms with Crippen LogP contribution in [0.25, 0.3) is 0 Å². The zero-order valence-corrected chi connectivity index (χ0v) is 12.0. The second-order valence-corrected chi connectivity index (χ2v) is 4.67. The summed E-state index contributed by atoms with van der Waals surface area (Å²) in [5, 5.41) is 22.2. The van der Waals surface area contributed by atoms with E-state index in [1.54, 1.807) is 23.7 Å². The Balaban J connectivity index is 2.02. The number of nitrogens with zero attached hydrogens (tertiary/aromatic N) is 5. The third-order valence-corrected chi connectivity index (χ3v) is 3.06. The van der Waals surface area contributed by atoms with Crippen LogP contribution in [-0.4, -0.2) is 25.1 Å². The number of nitro groups is 1. The normalized spacial score (nSPS) is 10.6. The Morgan fingerprint density at radius 2 is 2.24 bits per heavy atom. The molecule has 0 saturated carbocycles. The summed E-state index contributed by atoms with van der Waals surface area (Å²) in [5.41, 5.74) is 0.637. The Morgan fingerprint density at radius 1 is 1.43 bits per heavy atom. The standard InChI is InChI=1S/C13H17N5O3/c1-3-4-7-17-13(14-15-16-17)9-21-11-5-6-12(18(19)20)10(2)8-11/h5-6,8H,3-4,7,9H2,1-2H3. The molecule has 2 aromatic rings. The highest BCUT2D eigenvalue weighted by Crippen LogP contribution is 2.23. The van der Waals surface area contributed by atoms with Gasteiger partial charge in [-0.25, -0.2) is 4.68 Å². The maximum atomic E-state index is 10.8. The minimum absolute atomic E-state index is 0.0788. The molecule has 0 saturated heterocycles. The van der Waals surface area contributed by atoms with E-state index in [9.17, 15) is 10.1 Å². The van der Waals surface area contributed by atoms with Crippen molar-refractivity contribution in [3.8, 4) is 5.75 Å². The minimum Gasteiger partial charge on any atom is -0.486 e. The van der Waals surface area contributed by atoms with Gasteiger partial charge in [0.1, 0.15) is 12.4 Å². The maximum absolute atomic E-state index is 10.8. The fourth-order valence-electron chi connectivity index (χ4n) is 1.88. The highest BCUT2D eigenvalue weighted by molar-refractivity contribution is 5.44. The largest absolute Gasteiger partial charge is 0.486 e. The molecule has 1 heterocycles. The second-order valence-electron chi connectivity index (χ2n) is 4.67. The van der Waals surface area contributed by atoms with Gasteiger partial charge in [-0.1, -0.05) is 13.3 Å². The number of ether oxygens (including phenoxy) is 1. The van der Waals surface area contributed by atoms with Crippen LogP contribution < -0.4 is 4.74 Å². The van der Waals surface area contributed by atoms with Gasteiger partial charge in [0, 0.05) is 18.2 Å². The molecule has 0 N–H and O–H groups in total. The van der Waals surface area contributed by atoms with Gasteiger partial charge in [0.25, 0.3) is 5.69 Å². The average molecular weight is 291 g/mol. The molecule has 0 aliphatic rings. The second kappa shape index (κ2) is 6.78. The topological polar surface area (TPSA) is 96.0 Å². The number of aryl methyl sites for hydroxylation is 2. The van der Waals surface area contributed by atoms with Crippen LogP contribution in [0.5, 0.6) is 5.75 Å². The Bertz CT molecular complexity index is 626. The van der Waals surface area contributed by atoms with Crippen LogP contribution in [0.15, 0.2) is 18.2 Å². The zero-order chi connectivity index (χ0) is 15.2. The molecular weight excluding hydrogens is 274 g/mol. The van der Waals surface area contributed by atoms with Crippen LogP contribution in [-0.2, 0) is 13.2 Å². The smallest absolute Gasteiger partial charge is 0.272 e. The van der Waals surface area contributed by atoms with Gasteiger partial charge in [0.2, 0.25) is 0 Å². The number of rotatable bonds is 7. The van der Waals surface area contributed by atoms with E-state index >= 15 is 0 Å². The van der Waals surface area contributed by atoms with Crippen molar-refractivity contribution in [2.45, 2.75) is 39.8 Å². The molecular formula is C13H17N5O3. The number of aromatic nitrogens is 4. The van der Waals surface area contributed by atoms with Crippen molar-refractivity contribution >= 4 is 5.69 Å². The van der Waals surface area contributed by atoms with E-state index in [0.717, 1.165) is 19.4 Å². The van der Waals surface area contributed by atoms with Crippen molar-refractivity contribution in [2.24, 2.45) is 0 Å². The summed E-state index contributed by atoms with van der Waals surface area (Å²) in [5.74, 6) is 1.20. The Kier molecular flexibility index (Phi) is 4.81. The first-order chi connectivity index (χ1) is 10.1. The van der Waals surface area contributed by atoms with E-state index < -0.39 is 4.92 Å². The summed E-state index contributed by atoms with van der Waals surface area (Å²) in [6.45, 7) is 4.76. The molecule has 1 aromatic carbocycles. The average Bonchev–Trinajstić information content (AvgIpc) is 2.90. The van der Waals surface area contributed by atoms with Crippen molar-refractivity contribution in [2.75, 3.05) is 0 Å². The summed E-state index contributed by atoms with van der Waals surface area (Å²) in [7, 11) is 0. The number of hydrogen-bond acceptors (Lipinski definition) is 6. The molecule has 0 spiro atoms. The maximum Gasteiger partial charge on any atom is 0.272 e. The minimum atomic E-state index is -0.412. The number of unbranched alkanes of at least 4 members (excludes halogenated alkanes) is 1. The molecule has 0 amide bonds. The summed E-state index contributed by atoms with van der Waals surface area (Å²) < 4.78 is 7.31. The lowest BCUT2D eigenvalue weighted by Crippen LogP contribution is -2.09. The fraction of sp³-hybridized carbons (Fsp3) is 0.462. The molecule has 0 unspecified atom stereocenters. The predicted molar refractivity (Wildman–Crippen MR) is 74.9 cm³/mol. The van der Waals surface area contributed by atoms with Crippen LogP contribution in [0.1, 0.15) is 31.2 Å². The van der Waals surface area contributed by atoms with E-state index in [2.05, 4.69) is 22.4 Å². The molecule has 2 rings (SSSR count). The van der Waals surface area contributed by atoms with E-state index in [1.165, 1.54) is 6.07 Å². The molecule has 0 radical (unpaired) electrons. The molecule has 0 fully saturated rings. The number of hydrogen-bond donors (Lipinski definition) is 0. The van der Waals surface area contributed by atoms with Crippen LogP contribution in [0.4, 0.5) is 5.69 Å². The highest BCUT2D eigenvalue weighted by Gasteiger charge is 2.12. The van der Waals surface area contributed by atoms with E-state index in [1.807, 2.05) is 0 Å². The van der Waals surface area contributed by atoms with Crippen molar-refractivity contribution in [1.29, 1.82) is 0 Å². The highest BCUT2D eigenvalue weighted by atomic mass is 16.6. The Hall–Kier alpha value is -2.51. The molecule has 8 nitrogen and oxygen atoms in total. The first kappa shape index (κ1) is 14.9. The van der Waals surface area contributed by atoms with Crippen LogP contribution in [0.2, 0.25) is 0 Å². The van der Waals surface area contributed by atoms with E-state index in [0.29, 0.717) is 17.1 Å². The van der Waals surface area contributed by atoms with Gasteiger partial charge in [0.15, 0.2) is 5.82 Å². The Morgan fingerprint density at radius 3 is 2.90 bits per heavy atom. The quantitative estimate of drug-likeness (QED) is 0.573. The molecule has 112 valence electrons. The molecule has 0 bridgehead atoms. The molecule has 0 atom stereocenters. The SMILES string of the molecule is CCCCn1nnnc1COc1ccc([N+](=O)[O-])c(C)c1. The lowest BCUT2D eigenvalue weighted by Gasteiger charge is -2.07. The summed E-state index contributed by atoms with van der Waals surface area (Å²) in [6.07, 6.45) is 2.05. The zero-order valence-electron chi connectivity index (χ0n) is 12.0. The van der Waals surface area contributed by atoms with Crippen molar-refractivity contribution in [3.05, 3.63) is 39.7 Å². The van der Waals surface area contributed by atoms with Crippen LogP contribution >= 0.6 is 0 Å². The van der Waals surface area contributed by atoms with E-state index in [-0.39, 0.29) is 12.3 Å². The van der Waals surface area contributed by atoms with Gasteiger partial charge in [0.05, 0.1) is 4.92 Å². The number of benzene rings is 1. The summed E-state index contributed by atoms with van der Waals surface area (Å²) in [6, 6.07) is 4.65. The molecule has 0 aliphatic heterocycles. The number of nitro benzene ring substituents is 1. The first-order valence-corrected chi connectivity index (χ1v) is 6.74. The monoisotopic (exact) mass is 291 g/mol.